The smallest absolute Gasteiger partial charge is 0.141 e. The fourth-order valence-corrected chi connectivity index (χ4v) is 2.91. The molecule has 1 N–H and O–H groups in total. The van der Waals surface area contributed by atoms with Crippen molar-refractivity contribution in [1.82, 2.24) is 5.32 Å². The second-order valence-corrected chi connectivity index (χ2v) is 6.70. The molecule has 1 saturated carbocycles. The molecule has 110 valence electrons. The van der Waals surface area contributed by atoms with Gasteiger partial charge in [-0.1, -0.05) is 12.1 Å². The normalized spacial score (nSPS) is 14.2. The number of aryl methyl sites for hydroxylation is 2. The molecule has 0 spiro atoms. The largest absolute Gasteiger partial charge is 0.456 e. The highest BCUT2D eigenvalue weighted by atomic mass is 79.9. The van der Waals surface area contributed by atoms with Crippen LogP contribution in [0.5, 0.6) is 11.5 Å². The second-order valence-electron chi connectivity index (χ2n) is 5.85. The van der Waals surface area contributed by atoms with Crippen molar-refractivity contribution in [3.63, 3.8) is 0 Å². The molecule has 0 heterocycles. The average molecular weight is 346 g/mol. The number of rotatable bonds is 5. The van der Waals surface area contributed by atoms with E-state index < -0.39 is 0 Å². The predicted octanol–water partition coefficient (Wildman–Crippen LogP) is 5.11. The Balaban J connectivity index is 1.72. The van der Waals surface area contributed by atoms with Crippen molar-refractivity contribution < 1.29 is 4.74 Å². The van der Waals surface area contributed by atoms with Crippen LogP contribution >= 0.6 is 15.9 Å². The van der Waals surface area contributed by atoms with Crippen LogP contribution in [0.2, 0.25) is 0 Å². The third-order valence-corrected chi connectivity index (χ3v) is 4.21. The van der Waals surface area contributed by atoms with E-state index >= 15 is 0 Å². The monoisotopic (exact) mass is 345 g/mol. The van der Waals surface area contributed by atoms with Gasteiger partial charge in [-0.05, 0) is 83.6 Å². The van der Waals surface area contributed by atoms with Gasteiger partial charge >= 0.3 is 0 Å². The van der Waals surface area contributed by atoms with E-state index in [-0.39, 0.29) is 0 Å². The zero-order valence-electron chi connectivity index (χ0n) is 12.4. The first-order valence-corrected chi connectivity index (χ1v) is 8.17. The van der Waals surface area contributed by atoms with Crippen LogP contribution < -0.4 is 10.1 Å². The summed E-state index contributed by atoms with van der Waals surface area (Å²) in [7, 11) is 0. The van der Waals surface area contributed by atoms with Gasteiger partial charge in [-0.15, -0.1) is 0 Å². The number of nitrogens with one attached hydrogen (secondary N) is 1. The summed E-state index contributed by atoms with van der Waals surface area (Å²) in [4.78, 5) is 0. The summed E-state index contributed by atoms with van der Waals surface area (Å²) in [5.74, 6) is 1.74. The quantitative estimate of drug-likeness (QED) is 0.812. The van der Waals surface area contributed by atoms with Gasteiger partial charge in [0.05, 0.1) is 4.47 Å². The van der Waals surface area contributed by atoms with Gasteiger partial charge in [0.25, 0.3) is 0 Å². The minimum absolute atomic E-state index is 0.731. The minimum Gasteiger partial charge on any atom is -0.456 e. The summed E-state index contributed by atoms with van der Waals surface area (Å²) in [5, 5.41) is 3.52. The molecule has 2 aromatic rings. The Morgan fingerprint density at radius 2 is 1.81 bits per heavy atom. The van der Waals surface area contributed by atoms with Gasteiger partial charge in [-0.2, -0.15) is 0 Å². The molecule has 0 atom stereocenters. The first kappa shape index (κ1) is 14.6. The molecule has 21 heavy (non-hydrogen) atoms. The fraction of sp³-hybridized carbons (Fsp3) is 0.333. The maximum atomic E-state index is 6.00. The molecule has 0 radical (unpaired) electrons. The maximum Gasteiger partial charge on any atom is 0.141 e. The fourth-order valence-electron chi connectivity index (χ4n) is 2.41. The Hall–Kier alpha value is -1.32. The van der Waals surface area contributed by atoms with Crippen molar-refractivity contribution in [2.45, 2.75) is 39.3 Å². The van der Waals surface area contributed by atoms with Gasteiger partial charge in [0, 0.05) is 12.6 Å². The molecular weight excluding hydrogens is 326 g/mol. The molecule has 3 heteroatoms. The minimum atomic E-state index is 0.731. The Labute approximate surface area is 134 Å². The summed E-state index contributed by atoms with van der Waals surface area (Å²) in [6, 6.07) is 13.3. The SMILES string of the molecule is Cc1cc(C)cc(Oc2ccc(CNC3CC3)cc2Br)c1. The van der Waals surface area contributed by atoms with Crippen LogP contribution in [0.15, 0.2) is 40.9 Å². The number of halogens is 1. The van der Waals surface area contributed by atoms with Gasteiger partial charge in [-0.3, -0.25) is 0 Å². The van der Waals surface area contributed by atoms with E-state index in [4.69, 9.17) is 4.74 Å². The van der Waals surface area contributed by atoms with Crippen LogP contribution in [0.1, 0.15) is 29.5 Å². The van der Waals surface area contributed by atoms with Crippen LogP contribution in [0.25, 0.3) is 0 Å². The second kappa shape index (κ2) is 6.20. The number of hydrogen-bond donors (Lipinski definition) is 1. The van der Waals surface area contributed by atoms with Gasteiger partial charge in [-0.25, -0.2) is 0 Å². The maximum absolute atomic E-state index is 6.00. The van der Waals surface area contributed by atoms with Crippen molar-refractivity contribution in [3.05, 3.63) is 57.6 Å². The molecule has 0 unspecified atom stereocenters. The zero-order chi connectivity index (χ0) is 14.8. The van der Waals surface area contributed by atoms with Gasteiger partial charge in [0.15, 0.2) is 0 Å². The first-order chi connectivity index (χ1) is 10.1. The molecule has 0 bridgehead atoms. The molecular formula is C18H20BrNO. The summed E-state index contributed by atoms with van der Waals surface area (Å²) in [6.07, 6.45) is 2.63. The van der Waals surface area contributed by atoms with Crippen LogP contribution in [0.3, 0.4) is 0 Å². The van der Waals surface area contributed by atoms with Gasteiger partial charge in [0.2, 0.25) is 0 Å². The molecule has 1 aliphatic carbocycles. The topological polar surface area (TPSA) is 21.3 Å². The van der Waals surface area contributed by atoms with E-state index in [1.165, 1.54) is 29.5 Å². The number of benzene rings is 2. The Bertz CT molecular complexity index is 629. The summed E-state index contributed by atoms with van der Waals surface area (Å²) >= 11 is 3.61. The molecule has 2 nitrogen and oxygen atoms in total. The van der Waals surface area contributed by atoms with Crippen LogP contribution in [-0.2, 0) is 6.54 Å². The highest BCUT2D eigenvalue weighted by Gasteiger charge is 2.20. The summed E-state index contributed by atoms with van der Waals surface area (Å²) < 4.78 is 6.99. The van der Waals surface area contributed by atoms with Crippen LogP contribution in [0.4, 0.5) is 0 Å². The highest BCUT2D eigenvalue weighted by molar-refractivity contribution is 9.10. The van der Waals surface area contributed by atoms with E-state index in [1.54, 1.807) is 0 Å². The van der Waals surface area contributed by atoms with E-state index in [0.717, 1.165) is 28.6 Å². The lowest BCUT2D eigenvalue weighted by Gasteiger charge is -2.11. The van der Waals surface area contributed by atoms with Crippen molar-refractivity contribution in [2.75, 3.05) is 0 Å². The van der Waals surface area contributed by atoms with Crippen molar-refractivity contribution in [1.29, 1.82) is 0 Å². The lowest BCUT2D eigenvalue weighted by Crippen LogP contribution is -2.15. The Kier molecular flexibility index (Phi) is 4.32. The Morgan fingerprint density at radius 3 is 2.43 bits per heavy atom. The third kappa shape index (κ3) is 4.08. The third-order valence-electron chi connectivity index (χ3n) is 3.59. The molecule has 2 aromatic carbocycles. The van der Waals surface area contributed by atoms with Crippen molar-refractivity contribution >= 4 is 15.9 Å². The zero-order valence-corrected chi connectivity index (χ0v) is 14.0. The van der Waals surface area contributed by atoms with E-state index in [2.05, 4.69) is 65.4 Å². The lowest BCUT2D eigenvalue weighted by atomic mass is 10.1. The van der Waals surface area contributed by atoms with Crippen LogP contribution in [0, 0.1) is 13.8 Å². The molecule has 1 fully saturated rings. The van der Waals surface area contributed by atoms with Crippen molar-refractivity contribution in [2.24, 2.45) is 0 Å². The van der Waals surface area contributed by atoms with Crippen LogP contribution in [-0.4, -0.2) is 6.04 Å². The van der Waals surface area contributed by atoms with Crippen molar-refractivity contribution in [3.8, 4) is 11.5 Å². The first-order valence-electron chi connectivity index (χ1n) is 7.38. The molecule has 0 amide bonds. The summed E-state index contributed by atoms with van der Waals surface area (Å²) in [5.41, 5.74) is 3.71. The predicted molar refractivity (Wildman–Crippen MR) is 90.0 cm³/mol. The molecule has 0 aromatic heterocycles. The molecule has 0 aliphatic heterocycles. The van der Waals surface area contributed by atoms with E-state index in [9.17, 15) is 0 Å². The van der Waals surface area contributed by atoms with Gasteiger partial charge in [0.1, 0.15) is 11.5 Å². The van der Waals surface area contributed by atoms with Gasteiger partial charge < -0.3 is 10.1 Å². The Morgan fingerprint density at radius 1 is 1.10 bits per heavy atom. The van der Waals surface area contributed by atoms with E-state index in [1.807, 2.05) is 6.07 Å². The molecule has 1 aliphatic rings. The summed E-state index contributed by atoms with van der Waals surface area (Å²) in [6.45, 7) is 5.09. The lowest BCUT2D eigenvalue weighted by molar-refractivity contribution is 0.478. The molecule has 0 saturated heterocycles. The van der Waals surface area contributed by atoms with E-state index in [0.29, 0.717) is 0 Å². The standard InChI is InChI=1S/C18H20BrNO/c1-12-7-13(2)9-16(8-12)21-18-6-3-14(10-17(18)19)11-20-15-4-5-15/h3,6-10,15,20H,4-5,11H2,1-2H3. The number of hydrogen-bond acceptors (Lipinski definition) is 2. The average Bonchev–Trinajstić information content (AvgIpc) is 3.22. The number of ether oxygens (including phenoxy) is 1. The highest BCUT2D eigenvalue weighted by Crippen LogP contribution is 2.31. The molecule has 3 rings (SSSR count).